The molecule has 1 unspecified atom stereocenters. The van der Waals surface area contributed by atoms with Crippen molar-refractivity contribution in [3.63, 3.8) is 0 Å². The molecular formula is C15H17N3O2. The Morgan fingerprint density at radius 1 is 1.15 bits per heavy atom. The Labute approximate surface area is 117 Å². The summed E-state index contributed by atoms with van der Waals surface area (Å²) in [5.74, 6) is -0.336. The molecule has 1 atom stereocenters. The van der Waals surface area contributed by atoms with Crippen molar-refractivity contribution >= 4 is 17.3 Å². The number of amides is 1. The van der Waals surface area contributed by atoms with Gasteiger partial charge >= 0.3 is 0 Å². The first kappa shape index (κ1) is 13.9. The second-order valence-corrected chi connectivity index (χ2v) is 4.48. The van der Waals surface area contributed by atoms with Crippen molar-refractivity contribution in [2.75, 3.05) is 18.0 Å². The standard InChI is InChI=1S/C15H17N3O2/c16-11-6-7-12(13(17)8-11)15(20)18-9-14(19)10-4-2-1-3-5-10/h1-8,14,19H,9,16-17H2,(H,18,20). The zero-order valence-electron chi connectivity index (χ0n) is 10.9. The van der Waals surface area contributed by atoms with Gasteiger partial charge in [-0.2, -0.15) is 0 Å². The smallest absolute Gasteiger partial charge is 0.253 e. The molecule has 0 saturated carbocycles. The molecule has 0 saturated heterocycles. The van der Waals surface area contributed by atoms with Gasteiger partial charge in [-0.15, -0.1) is 0 Å². The summed E-state index contributed by atoms with van der Waals surface area (Å²) in [6.45, 7) is 0.118. The molecule has 2 rings (SSSR count). The summed E-state index contributed by atoms with van der Waals surface area (Å²) in [6, 6.07) is 13.8. The van der Waals surface area contributed by atoms with Gasteiger partial charge in [0.2, 0.25) is 0 Å². The van der Waals surface area contributed by atoms with Gasteiger partial charge < -0.3 is 21.9 Å². The minimum Gasteiger partial charge on any atom is -0.399 e. The van der Waals surface area contributed by atoms with Gasteiger partial charge in [0.25, 0.3) is 5.91 Å². The third-order valence-corrected chi connectivity index (χ3v) is 2.96. The number of aliphatic hydroxyl groups is 1. The summed E-state index contributed by atoms with van der Waals surface area (Å²) >= 11 is 0. The molecule has 1 amide bonds. The van der Waals surface area contributed by atoms with Crippen LogP contribution in [0.3, 0.4) is 0 Å². The fraction of sp³-hybridized carbons (Fsp3) is 0.133. The number of benzene rings is 2. The minimum absolute atomic E-state index is 0.118. The highest BCUT2D eigenvalue weighted by molar-refractivity contribution is 5.99. The summed E-state index contributed by atoms with van der Waals surface area (Å²) in [5, 5.41) is 12.6. The molecule has 0 aliphatic heterocycles. The van der Waals surface area contributed by atoms with Gasteiger partial charge in [-0.25, -0.2) is 0 Å². The second-order valence-electron chi connectivity index (χ2n) is 4.48. The number of aliphatic hydroxyl groups excluding tert-OH is 1. The van der Waals surface area contributed by atoms with E-state index in [9.17, 15) is 9.90 Å². The van der Waals surface area contributed by atoms with Crippen molar-refractivity contribution in [2.24, 2.45) is 0 Å². The van der Waals surface area contributed by atoms with Gasteiger partial charge in [0.15, 0.2) is 0 Å². The Bertz CT molecular complexity index is 599. The molecule has 2 aromatic rings. The van der Waals surface area contributed by atoms with E-state index in [0.29, 0.717) is 16.9 Å². The van der Waals surface area contributed by atoms with Crippen LogP contribution in [0.25, 0.3) is 0 Å². The van der Waals surface area contributed by atoms with Crippen molar-refractivity contribution in [3.8, 4) is 0 Å². The molecule has 0 bridgehead atoms. The molecule has 5 heteroatoms. The van der Waals surface area contributed by atoms with Gasteiger partial charge in [0.1, 0.15) is 0 Å². The van der Waals surface area contributed by atoms with E-state index in [1.54, 1.807) is 24.3 Å². The van der Waals surface area contributed by atoms with Crippen LogP contribution >= 0.6 is 0 Å². The lowest BCUT2D eigenvalue weighted by Gasteiger charge is -2.13. The molecule has 0 aliphatic carbocycles. The van der Waals surface area contributed by atoms with Crippen molar-refractivity contribution in [2.45, 2.75) is 6.10 Å². The third kappa shape index (κ3) is 3.27. The van der Waals surface area contributed by atoms with E-state index in [4.69, 9.17) is 11.5 Å². The van der Waals surface area contributed by atoms with Crippen LogP contribution in [0.5, 0.6) is 0 Å². The van der Waals surface area contributed by atoms with Crippen LogP contribution in [0.4, 0.5) is 11.4 Å². The molecular weight excluding hydrogens is 254 g/mol. The monoisotopic (exact) mass is 271 g/mol. The number of nitrogens with two attached hydrogens (primary N) is 2. The lowest BCUT2D eigenvalue weighted by Crippen LogP contribution is -2.29. The van der Waals surface area contributed by atoms with Gasteiger partial charge in [-0.05, 0) is 23.8 Å². The Kier molecular flexibility index (Phi) is 4.22. The third-order valence-electron chi connectivity index (χ3n) is 2.96. The van der Waals surface area contributed by atoms with E-state index >= 15 is 0 Å². The molecule has 104 valence electrons. The summed E-state index contributed by atoms with van der Waals surface area (Å²) in [6.07, 6.45) is -0.754. The van der Waals surface area contributed by atoms with Crippen LogP contribution in [-0.4, -0.2) is 17.6 Å². The van der Waals surface area contributed by atoms with E-state index < -0.39 is 6.10 Å². The highest BCUT2D eigenvalue weighted by Crippen LogP contribution is 2.16. The van der Waals surface area contributed by atoms with Crippen LogP contribution in [0.15, 0.2) is 48.5 Å². The zero-order valence-corrected chi connectivity index (χ0v) is 10.9. The normalized spacial score (nSPS) is 11.8. The fourth-order valence-corrected chi connectivity index (χ4v) is 1.87. The largest absolute Gasteiger partial charge is 0.399 e. The lowest BCUT2D eigenvalue weighted by molar-refractivity contribution is 0.0917. The van der Waals surface area contributed by atoms with Crippen LogP contribution in [-0.2, 0) is 0 Å². The predicted molar refractivity (Wildman–Crippen MR) is 79.0 cm³/mol. The summed E-state index contributed by atoms with van der Waals surface area (Å²) in [5.41, 5.74) is 13.2. The van der Waals surface area contributed by atoms with Gasteiger partial charge in [0, 0.05) is 17.9 Å². The maximum atomic E-state index is 12.0. The number of rotatable bonds is 4. The Morgan fingerprint density at radius 2 is 1.85 bits per heavy atom. The summed E-state index contributed by atoms with van der Waals surface area (Å²) in [4.78, 5) is 12.0. The molecule has 0 radical (unpaired) electrons. The van der Waals surface area contributed by atoms with Gasteiger partial charge in [0.05, 0.1) is 11.7 Å². The number of hydrogen-bond acceptors (Lipinski definition) is 4. The van der Waals surface area contributed by atoms with Crippen LogP contribution in [0, 0.1) is 0 Å². The average molecular weight is 271 g/mol. The molecule has 0 aliphatic rings. The molecule has 2 aromatic carbocycles. The number of nitrogens with one attached hydrogen (secondary N) is 1. The lowest BCUT2D eigenvalue weighted by atomic mass is 10.1. The molecule has 0 fully saturated rings. The number of hydrogen-bond donors (Lipinski definition) is 4. The predicted octanol–water partition coefficient (Wildman–Crippen LogP) is 1.31. The average Bonchev–Trinajstić information content (AvgIpc) is 2.45. The first-order chi connectivity index (χ1) is 9.58. The van der Waals surface area contributed by atoms with Crippen molar-refractivity contribution in [3.05, 3.63) is 59.7 Å². The highest BCUT2D eigenvalue weighted by Gasteiger charge is 2.12. The van der Waals surface area contributed by atoms with Crippen LogP contribution < -0.4 is 16.8 Å². The highest BCUT2D eigenvalue weighted by atomic mass is 16.3. The number of anilines is 2. The van der Waals surface area contributed by atoms with Crippen molar-refractivity contribution in [1.29, 1.82) is 0 Å². The maximum Gasteiger partial charge on any atom is 0.253 e. The van der Waals surface area contributed by atoms with E-state index in [1.807, 2.05) is 18.2 Å². The fourth-order valence-electron chi connectivity index (χ4n) is 1.87. The van der Waals surface area contributed by atoms with Gasteiger partial charge in [-0.1, -0.05) is 30.3 Å². The second kappa shape index (κ2) is 6.08. The summed E-state index contributed by atoms with van der Waals surface area (Å²) < 4.78 is 0. The van der Waals surface area contributed by atoms with Crippen molar-refractivity contribution < 1.29 is 9.90 Å². The van der Waals surface area contributed by atoms with Crippen LogP contribution in [0.1, 0.15) is 22.0 Å². The number of carbonyl (C=O) groups is 1. The van der Waals surface area contributed by atoms with Crippen molar-refractivity contribution in [1.82, 2.24) is 5.32 Å². The molecule has 0 spiro atoms. The maximum absolute atomic E-state index is 12.0. The zero-order chi connectivity index (χ0) is 14.5. The molecule has 20 heavy (non-hydrogen) atoms. The van der Waals surface area contributed by atoms with Gasteiger partial charge in [-0.3, -0.25) is 4.79 Å². The molecule has 0 aromatic heterocycles. The van der Waals surface area contributed by atoms with E-state index in [1.165, 1.54) is 6.07 Å². The number of carbonyl (C=O) groups excluding carboxylic acids is 1. The topological polar surface area (TPSA) is 101 Å². The Balaban J connectivity index is 1.99. The summed E-state index contributed by atoms with van der Waals surface area (Å²) in [7, 11) is 0. The van der Waals surface area contributed by atoms with E-state index in [2.05, 4.69) is 5.32 Å². The Morgan fingerprint density at radius 3 is 2.50 bits per heavy atom. The SMILES string of the molecule is Nc1ccc(C(=O)NCC(O)c2ccccc2)c(N)c1. The first-order valence-corrected chi connectivity index (χ1v) is 6.24. The van der Waals surface area contributed by atoms with Crippen LogP contribution in [0.2, 0.25) is 0 Å². The quantitative estimate of drug-likeness (QED) is 0.630. The minimum atomic E-state index is -0.754. The molecule has 6 N–H and O–H groups in total. The Hall–Kier alpha value is -2.53. The molecule has 5 nitrogen and oxygen atoms in total. The molecule has 0 heterocycles. The first-order valence-electron chi connectivity index (χ1n) is 6.24. The number of nitrogen functional groups attached to an aromatic ring is 2. The van der Waals surface area contributed by atoms with E-state index in [-0.39, 0.29) is 12.5 Å². The van der Waals surface area contributed by atoms with E-state index in [0.717, 1.165) is 5.56 Å².